The van der Waals surface area contributed by atoms with Crippen LogP contribution in [0.4, 0.5) is 0 Å². The van der Waals surface area contributed by atoms with E-state index in [1.807, 2.05) is 0 Å². The van der Waals surface area contributed by atoms with Crippen LogP contribution in [0.1, 0.15) is 17.5 Å². The molecule has 15 heavy (non-hydrogen) atoms. The van der Waals surface area contributed by atoms with Crippen LogP contribution in [0.3, 0.4) is 0 Å². The molecule has 0 atom stereocenters. The van der Waals surface area contributed by atoms with Gasteiger partial charge in [0.05, 0.1) is 0 Å². The Kier molecular flexibility index (Phi) is 3.57. The van der Waals surface area contributed by atoms with Crippen LogP contribution in [0.15, 0.2) is 10.5 Å². The van der Waals surface area contributed by atoms with Crippen LogP contribution in [-0.2, 0) is 11.2 Å². The minimum atomic E-state index is -0.920. The summed E-state index contributed by atoms with van der Waals surface area (Å²) in [5.41, 5.74) is 1.11. The van der Waals surface area contributed by atoms with E-state index in [-0.39, 0.29) is 28.8 Å². The molecule has 0 radical (unpaired) electrons. The third-order valence-corrected chi connectivity index (χ3v) is 2.84. The van der Waals surface area contributed by atoms with Crippen molar-refractivity contribution in [2.75, 3.05) is 0 Å². The summed E-state index contributed by atoms with van der Waals surface area (Å²) in [6, 6.07) is 1.58. The van der Waals surface area contributed by atoms with E-state index < -0.39 is 5.97 Å². The highest BCUT2D eigenvalue weighted by atomic mass is 79.9. The molecule has 0 fully saturated rings. The number of hydrogen-bond acceptors (Lipinski definition) is 3. The van der Waals surface area contributed by atoms with Gasteiger partial charge in [-0.1, -0.05) is 0 Å². The Morgan fingerprint density at radius 2 is 2.00 bits per heavy atom. The number of carboxylic acid groups (broad SMARTS) is 1. The Bertz CT molecular complexity index is 401. The van der Waals surface area contributed by atoms with E-state index >= 15 is 0 Å². The van der Waals surface area contributed by atoms with Gasteiger partial charge < -0.3 is 15.3 Å². The fourth-order valence-electron chi connectivity index (χ4n) is 1.26. The van der Waals surface area contributed by atoms with Crippen molar-refractivity contribution in [3.05, 3.63) is 21.7 Å². The van der Waals surface area contributed by atoms with Crippen molar-refractivity contribution in [3.63, 3.8) is 0 Å². The number of carbonyl (C=O) groups is 1. The number of halogens is 1. The number of benzene rings is 1. The molecule has 0 aliphatic carbocycles. The molecule has 1 rings (SSSR count). The largest absolute Gasteiger partial charge is 0.506 e. The van der Waals surface area contributed by atoms with Gasteiger partial charge in [-0.05, 0) is 46.5 Å². The zero-order valence-electron chi connectivity index (χ0n) is 8.12. The van der Waals surface area contributed by atoms with E-state index in [2.05, 4.69) is 15.9 Å². The Labute approximate surface area is 95.3 Å². The van der Waals surface area contributed by atoms with Gasteiger partial charge in [-0.3, -0.25) is 4.79 Å². The molecule has 0 unspecified atom stereocenters. The fraction of sp³-hybridized carbons (Fsp3) is 0.300. The molecule has 3 N–H and O–H groups in total. The van der Waals surface area contributed by atoms with E-state index in [1.54, 1.807) is 13.0 Å². The SMILES string of the molecule is Cc1cc(CCC(=O)O)c(O)c(Br)c1O. The molecule has 4 nitrogen and oxygen atoms in total. The average molecular weight is 275 g/mol. The van der Waals surface area contributed by atoms with Gasteiger partial charge in [0.2, 0.25) is 0 Å². The Morgan fingerprint density at radius 3 is 2.53 bits per heavy atom. The van der Waals surface area contributed by atoms with Crippen molar-refractivity contribution in [2.24, 2.45) is 0 Å². The number of rotatable bonds is 3. The van der Waals surface area contributed by atoms with E-state index in [0.29, 0.717) is 11.1 Å². The standard InChI is InChI=1S/C10H11BrO4/c1-5-4-6(2-3-7(12)13)10(15)8(11)9(5)14/h4,14-15H,2-3H2,1H3,(H,12,13). The minimum absolute atomic E-state index is 0.0217. The first-order valence-electron chi connectivity index (χ1n) is 4.35. The second kappa shape index (κ2) is 4.53. The van der Waals surface area contributed by atoms with Crippen molar-refractivity contribution in [1.29, 1.82) is 0 Å². The maximum atomic E-state index is 10.4. The van der Waals surface area contributed by atoms with Crippen molar-refractivity contribution in [3.8, 4) is 11.5 Å². The predicted molar refractivity (Wildman–Crippen MR) is 58.2 cm³/mol. The quantitative estimate of drug-likeness (QED) is 0.790. The van der Waals surface area contributed by atoms with Gasteiger partial charge in [-0.15, -0.1) is 0 Å². The minimum Gasteiger partial charge on any atom is -0.506 e. The van der Waals surface area contributed by atoms with Gasteiger partial charge in [0.15, 0.2) is 0 Å². The number of aliphatic carboxylic acids is 1. The number of aromatic hydroxyl groups is 2. The van der Waals surface area contributed by atoms with Gasteiger partial charge in [-0.25, -0.2) is 0 Å². The van der Waals surface area contributed by atoms with Gasteiger partial charge in [0.25, 0.3) is 0 Å². The molecule has 0 saturated heterocycles. The number of aryl methyl sites for hydroxylation is 2. The Hall–Kier alpha value is -1.23. The molecule has 1 aromatic carbocycles. The maximum absolute atomic E-state index is 10.4. The topological polar surface area (TPSA) is 77.8 Å². The molecule has 82 valence electrons. The summed E-state index contributed by atoms with van der Waals surface area (Å²) in [5, 5.41) is 27.6. The molecule has 0 saturated carbocycles. The van der Waals surface area contributed by atoms with Crippen LogP contribution < -0.4 is 0 Å². The van der Waals surface area contributed by atoms with Gasteiger partial charge in [-0.2, -0.15) is 0 Å². The Balaban J connectivity index is 3.04. The van der Waals surface area contributed by atoms with Crippen LogP contribution in [0, 0.1) is 6.92 Å². The predicted octanol–water partition coefficient (Wildman–Crippen LogP) is 2.19. The van der Waals surface area contributed by atoms with Gasteiger partial charge in [0.1, 0.15) is 16.0 Å². The van der Waals surface area contributed by atoms with Crippen molar-refractivity contribution in [1.82, 2.24) is 0 Å². The van der Waals surface area contributed by atoms with Crippen LogP contribution in [0.5, 0.6) is 11.5 Å². The lowest BCUT2D eigenvalue weighted by Gasteiger charge is -2.09. The normalized spacial score (nSPS) is 10.3. The summed E-state index contributed by atoms with van der Waals surface area (Å²) < 4.78 is 0.211. The average Bonchev–Trinajstić information content (AvgIpc) is 2.18. The van der Waals surface area contributed by atoms with E-state index in [1.165, 1.54) is 0 Å². The monoisotopic (exact) mass is 274 g/mol. The van der Waals surface area contributed by atoms with E-state index in [0.717, 1.165) is 0 Å². The molecule has 1 aromatic rings. The summed E-state index contributed by atoms with van der Waals surface area (Å²) in [7, 11) is 0. The molecule has 0 heterocycles. The molecule has 5 heteroatoms. The molecule has 0 aliphatic heterocycles. The van der Waals surface area contributed by atoms with Crippen molar-refractivity contribution < 1.29 is 20.1 Å². The van der Waals surface area contributed by atoms with E-state index in [4.69, 9.17) is 5.11 Å². The number of carboxylic acids is 1. The summed E-state index contributed by atoms with van der Waals surface area (Å²) >= 11 is 3.04. The first-order chi connectivity index (χ1) is 6.93. The maximum Gasteiger partial charge on any atom is 0.303 e. The summed E-state index contributed by atoms with van der Waals surface area (Å²) in [6.07, 6.45) is 0.186. The van der Waals surface area contributed by atoms with Crippen molar-refractivity contribution >= 4 is 21.9 Å². The molecule has 0 spiro atoms. The summed E-state index contributed by atoms with van der Waals surface area (Å²) in [6.45, 7) is 1.68. The lowest BCUT2D eigenvalue weighted by molar-refractivity contribution is -0.136. The number of hydrogen-bond donors (Lipinski definition) is 3. The lowest BCUT2D eigenvalue weighted by Crippen LogP contribution is -1.98. The second-order valence-electron chi connectivity index (χ2n) is 3.26. The molecule has 0 aliphatic rings. The molecule has 0 aromatic heterocycles. The highest BCUT2D eigenvalue weighted by Crippen LogP contribution is 2.38. The van der Waals surface area contributed by atoms with Crippen molar-refractivity contribution in [2.45, 2.75) is 19.8 Å². The first-order valence-corrected chi connectivity index (χ1v) is 5.14. The second-order valence-corrected chi connectivity index (χ2v) is 4.05. The molecular weight excluding hydrogens is 264 g/mol. The van der Waals surface area contributed by atoms with Gasteiger partial charge in [0, 0.05) is 6.42 Å². The third-order valence-electron chi connectivity index (χ3n) is 2.09. The summed E-state index contributed by atoms with van der Waals surface area (Å²) in [4.78, 5) is 10.4. The number of phenolic OH excluding ortho intramolecular Hbond substituents is 2. The highest BCUT2D eigenvalue weighted by Gasteiger charge is 2.13. The van der Waals surface area contributed by atoms with Crippen LogP contribution in [0.25, 0.3) is 0 Å². The zero-order valence-corrected chi connectivity index (χ0v) is 9.71. The van der Waals surface area contributed by atoms with Crippen LogP contribution >= 0.6 is 15.9 Å². The number of phenols is 2. The lowest BCUT2D eigenvalue weighted by atomic mass is 10.0. The smallest absolute Gasteiger partial charge is 0.303 e. The summed E-state index contributed by atoms with van der Waals surface area (Å²) in [5.74, 6) is -1.04. The van der Waals surface area contributed by atoms with Gasteiger partial charge >= 0.3 is 5.97 Å². The third kappa shape index (κ3) is 2.62. The molecular formula is C10H11BrO4. The van der Waals surface area contributed by atoms with Crippen LogP contribution in [-0.4, -0.2) is 21.3 Å². The molecule has 0 amide bonds. The highest BCUT2D eigenvalue weighted by molar-refractivity contribution is 9.10. The molecule has 0 bridgehead atoms. The Morgan fingerprint density at radius 1 is 1.40 bits per heavy atom. The van der Waals surface area contributed by atoms with E-state index in [9.17, 15) is 15.0 Å². The first kappa shape index (κ1) is 11.8. The fourth-order valence-corrected chi connectivity index (χ4v) is 1.82. The van der Waals surface area contributed by atoms with Crippen LogP contribution in [0.2, 0.25) is 0 Å². The zero-order chi connectivity index (χ0) is 11.6.